The molecule has 0 saturated heterocycles. The van der Waals surface area contributed by atoms with Gasteiger partial charge >= 0.3 is 0 Å². The van der Waals surface area contributed by atoms with Crippen molar-refractivity contribution in [3.63, 3.8) is 0 Å². The Balaban J connectivity index is 2.26. The lowest BCUT2D eigenvalue weighted by molar-refractivity contribution is 0.340. The summed E-state index contributed by atoms with van der Waals surface area (Å²) in [5.41, 5.74) is 8.71. The maximum absolute atomic E-state index is 5.61. The van der Waals surface area contributed by atoms with Crippen molar-refractivity contribution in [3.8, 4) is 17.0 Å². The predicted octanol–water partition coefficient (Wildman–Crippen LogP) is 2.61. The summed E-state index contributed by atoms with van der Waals surface area (Å²) in [4.78, 5) is 4.34. The molecule has 2 rings (SSSR count). The molecule has 0 spiro atoms. The number of hydrogen-bond acceptors (Lipinski definition) is 3. The number of ether oxygens (including phenoxy) is 1. The molecule has 0 atom stereocenters. The number of benzene rings is 1. The van der Waals surface area contributed by atoms with E-state index in [-0.39, 0.29) is 0 Å². The van der Waals surface area contributed by atoms with Crippen molar-refractivity contribution < 1.29 is 4.74 Å². The minimum Gasteiger partial charge on any atom is -0.494 e. The Kier molecular flexibility index (Phi) is 3.73. The van der Waals surface area contributed by atoms with E-state index in [4.69, 9.17) is 10.5 Å². The van der Waals surface area contributed by atoms with Crippen LogP contribution in [-0.4, -0.2) is 11.6 Å². The van der Waals surface area contributed by atoms with Gasteiger partial charge < -0.3 is 10.5 Å². The minimum atomic E-state index is 0.534. The molecule has 0 aliphatic rings. The Bertz CT molecular complexity index is 480. The van der Waals surface area contributed by atoms with Crippen molar-refractivity contribution >= 4 is 0 Å². The van der Waals surface area contributed by atoms with Crippen molar-refractivity contribution in [3.05, 3.63) is 48.2 Å². The van der Waals surface area contributed by atoms with Crippen LogP contribution in [0, 0.1) is 0 Å². The van der Waals surface area contributed by atoms with Crippen LogP contribution in [0.3, 0.4) is 0 Å². The van der Waals surface area contributed by atoms with Gasteiger partial charge in [0.05, 0.1) is 12.3 Å². The van der Waals surface area contributed by atoms with Gasteiger partial charge in [-0.2, -0.15) is 0 Å². The highest BCUT2D eigenvalue weighted by Crippen LogP contribution is 2.21. The monoisotopic (exact) mass is 228 g/mol. The number of pyridine rings is 1. The minimum absolute atomic E-state index is 0.534. The first-order valence-electron chi connectivity index (χ1n) is 5.71. The molecule has 0 radical (unpaired) electrons. The molecule has 0 aliphatic heterocycles. The Labute approximate surface area is 101 Å². The lowest BCUT2D eigenvalue weighted by Gasteiger charge is -2.05. The van der Waals surface area contributed by atoms with Crippen LogP contribution in [0.4, 0.5) is 0 Å². The van der Waals surface area contributed by atoms with E-state index in [2.05, 4.69) is 4.98 Å². The Morgan fingerprint density at radius 2 is 1.94 bits per heavy atom. The van der Waals surface area contributed by atoms with Gasteiger partial charge in [0.2, 0.25) is 0 Å². The lowest BCUT2D eigenvalue weighted by atomic mass is 10.1. The van der Waals surface area contributed by atoms with E-state index >= 15 is 0 Å². The van der Waals surface area contributed by atoms with Crippen molar-refractivity contribution in [2.45, 2.75) is 13.5 Å². The van der Waals surface area contributed by atoms with Crippen molar-refractivity contribution in [2.24, 2.45) is 5.73 Å². The molecule has 88 valence electrons. The highest BCUT2D eigenvalue weighted by molar-refractivity contribution is 5.60. The van der Waals surface area contributed by atoms with Gasteiger partial charge in [-0.1, -0.05) is 0 Å². The zero-order chi connectivity index (χ0) is 12.1. The van der Waals surface area contributed by atoms with E-state index in [0.717, 1.165) is 22.6 Å². The normalized spacial score (nSPS) is 10.2. The third-order valence-corrected chi connectivity index (χ3v) is 2.52. The molecule has 2 aromatic rings. The molecule has 1 heterocycles. The second-order valence-corrected chi connectivity index (χ2v) is 3.71. The average Bonchev–Trinajstić information content (AvgIpc) is 2.40. The third kappa shape index (κ3) is 2.82. The van der Waals surface area contributed by atoms with Gasteiger partial charge in [-0.3, -0.25) is 4.98 Å². The van der Waals surface area contributed by atoms with Gasteiger partial charge in [-0.25, -0.2) is 0 Å². The average molecular weight is 228 g/mol. The highest BCUT2D eigenvalue weighted by Gasteiger charge is 2.00. The van der Waals surface area contributed by atoms with Crippen molar-refractivity contribution in [1.29, 1.82) is 0 Å². The number of hydrogen-bond donors (Lipinski definition) is 1. The molecule has 0 aliphatic carbocycles. The molecule has 0 fully saturated rings. The van der Waals surface area contributed by atoms with Crippen LogP contribution in [-0.2, 0) is 6.54 Å². The third-order valence-electron chi connectivity index (χ3n) is 2.52. The molecule has 0 unspecified atom stereocenters. The first-order chi connectivity index (χ1) is 8.33. The van der Waals surface area contributed by atoms with Crippen molar-refractivity contribution in [2.75, 3.05) is 6.61 Å². The number of nitrogens with two attached hydrogens (primary N) is 1. The molecule has 3 nitrogen and oxygen atoms in total. The summed E-state index contributed by atoms with van der Waals surface area (Å²) in [6.45, 7) is 3.19. The largest absolute Gasteiger partial charge is 0.494 e. The molecule has 2 N–H and O–H groups in total. The fourth-order valence-corrected chi connectivity index (χ4v) is 1.65. The van der Waals surface area contributed by atoms with Crippen LogP contribution in [0.2, 0.25) is 0 Å². The van der Waals surface area contributed by atoms with Crippen LogP contribution in [0.1, 0.15) is 12.5 Å². The molecular formula is C14H16N2O. The van der Waals surface area contributed by atoms with E-state index < -0.39 is 0 Å². The van der Waals surface area contributed by atoms with Crippen molar-refractivity contribution in [1.82, 2.24) is 4.98 Å². The maximum atomic E-state index is 5.61. The van der Waals surface area contributed by atoms with Gasteiger partial charge in [0.25, 0.3) is 0 Å². The van der Waals surface area contributed by atoms with E-state index in [0.29, 0.717) is 13.2 Å². The molecule has 0 bridgehead atoms. The molecular weight excluding hydrogens is 212 g/mol. The lowest BCUT2D eigenvalue weighted by Crippen LogP contribution is -1.97. The van der Waals surface area contributed by atoms with E-state index in [1.54, 1.807) is 6.20 Å². The zero-order valence-corrected chi connectivity index (χ0v) is 9.89. The van der Waals surface area contributed by atoms with E-state index in [1.165, 1.54) is 0 Å². The van der Waals surface area contributed by atoms with Gasteiger partial charge in [-0.05, 0) is 48.9 Å². The standard InChI is InChI=1S/C14H16N2O/c1-2-17-13-5-3-12(4-6-13)14-9-11(10-15)7-8-16-14/h3-9H,2,10,15H2,1H3. The second-order valence-electron chi connectivity index (χ2n) is 3.71. The Hall–Kier alpha value is -1.87. The predicted molar refractivity (Wildman–Crippen MR) is 68.7 cm³/mol. The van der Waals surface area contributed by atoms with Gasteiger partial charge in [-0.15, -0.1) is 0 Å². The first kappa shape index (κ1) is 11.6. The Morgan fingerprint density at radius 1 is 1.18 bits per heavy atom. The van der Waals surface area contributed by atoms with Gasteiger partial charge in [0.1, 0.15) is 5.75 Å². The van der Waals surface area contributed by atoms with Crippen LogP contribution in [0.25, 0.3) is 11.3 Å². The maximum Gasteiger partial charge on any atom is 0.119 e. The topological polar surface area (TPSA) is 48.1 Å². The summed E-state index contributed by atoms with van der Waals surface area (Å²) in [5.74, 6) is 0.881. The number of aromatic nitrogens is 1. The summed E-state index contributed by atoms with van der Waals surface area (Å²) >= 11 is 0. The number of nitrogens with zero attached hydrogens (tertiary/aromatic N) is 1. The summed E-state index contributed by atoms with van der Waals surface area (Å²) in [6.07, 6.45) is 1.79. The second kappa shape index (κ2) is 5.46. The van der Waals surface area contributed by atoms with E-state index in [1.807, 2.05) is 43.3 Å². The zero-order valence-electron chi connectivity index (χ0n) is 9.89. The molecule has 0 saturated carbocycles. The Morgan fingerprint density at radius 3 is 2.59 bits per heavy atom. The summed E-state index contributed by atoms with van der Waals surface area (Å²) < 4.78 is 5.40. The molecule has 3 heteroatoms. The fraction of sp³-hybridized carbons (Fsp3) is 0.214. The van der Waals surface area contributed by atoms with Crippen LogP contribution in [0.5, 0.6) is 5.75 Å². The van der Waals surface area contributed by atoms with Gasteiger partial charge in [0.15, 0.2) is 0 Å². The van der Waals surface area contributed by atoms with Crippen LogP contribution >= 0.6 is 0 Å². The van der Waals surface area contributed by atoms with E-state index in [9.17, 15) is 0 Å². The number of rotatable bonds is 4. The molecule has 1 aromatic carbocycles. The molecule has 0 amide bonds. The quantitative estimate of drug-likeness (QED) is 0.875. The van der Waals surface area contributed by atoms with Gasteiger partial charge in [0, 0.05) is 18.3 Å². The molecule has 1 aromatic heterocycles. The first-order valence-corrected chi connectivity index (χ1v) is 5.71. The smallest absolute Gasteiger partial charge is 0.119 e. The molecule has 17 heavy (non-hydrogen) atoms. The van der Waals surface area contributed by atoms with Crippen LogP contribution < -0.4 is 10.5 Å². The summed E-state index contributed by atoms with van der Waals surface area (Å²) in [7, 11) is 0. The fourth-order valence-electron chi connectivity index (χ4n) is 1.65. The summed E-state index contributed by atoms with van der Waals surface area (Å²) in [6, 6.07) is 11.9. The van der Waals surface area contributed by atoms with Crippen LogP contribution in [0.15, 0.2) is 42.6 Å². The SMILES string of the molecule is CCOc1ccc(-c2cc(CN)ccn2)cc1. The summed E-state index contributed by atoms with van der Waals surface area (Å²) in [5, 5.41) is 0. The highest BCUT2D eigenvalue weighted by atomic mass is 16.5.